The highest BCUT2D eigenvalue weighted by Crippen LogP contribution is 2.44. The van der Waals surface area contributed by atoms with Crippen LogP contribution in [-0.2, 0) is 40.1 Å². The molecule has 290 valence electrons. The van der Waals surface area contributed by atoms with Crippen LogP contribution < -0.4 is 30.9 Å². The number of halogens is 4. The molecular formula is C40H42ClF3N6O5. The monoisotopic (exact) mass is 778 g/mol. The third-order valence-corrected chi connectivity index (χ3v) is 10.6. The summed E-state index contributed by atoms with van der Waals surface area (Å²) in [6, 6.07) is 14.0. The molecule has 1 saturated heterocycles. The molecule has 4 aromatic rings. The van der Waals surface area contributed by atoms with Crippen LogP contribution in [-0.4, -0.2) is 48.7 Å². The number of rotatable bonds is 14. The number of alkyl halides is 3. The van der Waals surface area contributed by atoms with E-state index in [0.29, 0.717) is 55.2 Å². The minimum Gasteiger partial charge on any atom is -0.496 e. The van der Waals surface area contributed by atoms with E-state index >= 15 is 0 Å². The topological polar surface area (TPSA) is 136 Å². The summed E-state index contributed by atoms with van der Waals surface area (Å²) < 4.78 is 54.6. The van der Waals surface area contributed by atoms with Gasteiger partial charge in [-0.1, -0.05) is 41.9 Å². The summed E-state index contributed by atoms with van der Waals surface area (Å²) in [5.41, 5.74) is 7.32. The zero-order chi connectivity index (χ0) is 38.7. The van der Waals surface area contributed by atoms with E-state index < -0.39 is 23.8 Å². The van der Waals surface area contributed by atoms with Crippen molar-refractivity contribution in [3.05, 3.63) is 87.6 Å². The summed E-state index contributed by atoms with van der Waals surface area (Å²) in [6.45, 7) is 0.995. The molecule has 11 nitrogen and oxygen atoms in total. The number of carbonyl (C=O) groups excluding carboxylic acids is 2. The first kappa shape index (κ1) is 38.4. The number of carbonyl (C=O) groups is 2. The van der Waals surface area contributed by atoms with Gasteiger partial charge in [-0.2, -0.15) is 18.2 Å². The summed E-state index contributed by atoms with van der Waals surface area (Å²) in [5, 5.41) is 9.89. The van der Waals surface area contributed by atoms with Crippen LogP contribution in [0.2, 0.25) is 5.02 Å². The van der Waals surface area contributed by atoms with Gasteiger partial charge in [0.1, 0.15) is 11.6 Å². The normalized spacial score (nSPS) is 18.0. The van der Waals surface area contributed by atoms with Gasteiger partial charge in [-0.3, -0.25) is 14.6 Å². The number of hydroxylamine groups is 1. The molecular weight excluding hydrogens is 737 g/mol. The van der Waals surface area contributed by atoms with Crippen molar-refractivity contribution in [2.75, 3.05) is 26.1 Å². The van der Waals surface area contributed by atoms with E-state index in [0.717, 1.165) is 58.7 Å². The Bertz CT molecular complexity index is 2080. The molecule has 2 fully saturated rings. The molecule has 7 rings (SSSR count). The molecule has 0 unspecified atom stereocenters. The molecule has 2 atom stereocenters. The molecule has 2 aromatic heterocycles. The van der Waals surface area contributed by atoms with E-state index in [-0.39, 0.29) is 41.7 Å². The van der Waals surface area contributed by atoms with Crippen LogP contribution in [0.4, 0.5) is 19.0 Å². The van der Waals surface area contributed by atoms with Gasteiger partial charge in [0.25, 0.3) is 0 Å². The lowest BCUT2D eigenvalue weighted by Gasteiger charge is -2.30. The largest absolute Gasteiger partial charge is 0.496 e. The fraction of sp³-hybridized carbons (Fsp3) is 0.400. The van der Waals surface area contributed by atoms with Gasteiger partial charge in [0.05, 0.1) is 49.0 Å². The van der Waals surface area contributed by atoms with Crippen LogP contribution in [0.1, 0.15) is 72.4 Å². The maximum Gasteiger partial charge on any atom is 0.419 e. The lowest BCUT2D eigenvalue weighted by Crippen LogP contribution is -2.35. The lowest BCUT2D eigenvalue weighted by atomic mass is 9.83. The molecule has 1 amide bonds. The maximum absolute atomic E-state index is 14.5. The van der Waals surface area contributed by atoms with Crippen LogP contribution >= 0.6 is 11.6 Å². The molecule has 4 N–H and O–H groups in total. The SMILES string of the molecule is COc1cc(-c2nccc(-c3cccc4c3CCC[C@@H]4Nc3nc(OC)c(CNOC(=O)C4CC4)cc3C(F)(F)F)c2Cl)ccc1CNC[C@H]1CCC(=O)N1. The van der Waals surface area contributed by atoms with Gasteiger partial charge in [-0.25, -0.2) is 0 Å². The average Bonchev–Trinajstić information content (AvgIpc) is 3.95. The van der Waals surface area contributed by atoms with Crippen molar-refractivity contribution in [3.8, 4) is 34.0 Å². The van der Waals surface area contributed by atoms with Crippen LogP contribution in [0.25, 0.3) is 22.4 Å². The highest BCUT2D eigenvalue weighted by Gasteiger charge is 2.37. The Hall–Kier alpha value is -4.92. The maximum atomic E-state index is 14.5. The van der Waals surface area contributed by atoms with E-state index in [9.17, 15) is 22.8 Å². The summed E-state index contributed by atoms with van der Waals surface area (Å²) in [5.74, 6) is -0.241. The molecule has 1 saturated carbocycles. The molecule has 55 heavy (non-hydrogen) atoms. The number of methoxy groups -OCH3 is 2. The third kappa shape index (κ3) is 8.66. The number of nitrogens with zero attached hydrogens (tertiary/aromatic N) is 2. The van der Waals surface area contributed by atoms with E-state index in [2.05, 4.69) is 31.4 Å². The Balaban J connectivity index is 1.13. The van der Waals surface area contributed by atoms with Gasteiger partial charge in [0.2, 0.25) is 11.8 Å². The van der Waals surface area contributed by atoms with Crippen LogP contribution in [0.5, 0.6) is 11.6 Å². The van der Waals surface area contributed by atoms with Gasteiger partial charge in [-0.15, -0.1) is 5.48 Å². The number of anilines is 1. The Morgan fingerprint density at radius 3 is 2.55 bits per heavy atom. The molecule has 15 heteroatoms. The number of pyridine rings is 2. The highest BCUT2D eigenvalue weighted by molar-refractivity contribution is 6.35. The second-order valence-electron chi connectivity index (χ2n) is 14.0. The van der Waals surface area contributed by atoms with Crippen LogP contribution in [0.15, 0.2) is 54.7 Å². The van der Waals surface area contributed by atoms with Crippen molar-refractivity contribution in [3.63, 3.8) is 0 Å². The smallest absolute Gasteiger partial charge is 0.419 e. The molecule has 0 spiro atoms. The Morgan fingerprint density at radius 1 is 0.982 bits per heavy atom. The Morgan fingerprint density at radius 2 is 1.82 bits per heavy atom. The van der Waals surface area contributed by atoms with Crippen molar-refractivity contribution in [1.29, 1.82) is 0 Å². The predicted octanol–water partition coefficient (Wildman–Crippen LogP) is 7.32. The quantitative estimate of drug-likeness (QED) is 0.0966. The van der Waals surface area contributed by atoms with Gasteiger partial charge in [0.15, 0.2) is 0 Å². The molecule has 3 aliphatic rings. The Labute approximate surface area is 321 Å². The van der Waals surface area contributed by atoms with Crippen molar-refractivity contribution in [1.82, 2.24) is 26.1 Å². The van der Waals surface area contributed by atoms with E-state index in [4.69, 9.17) is 25.9 Å². The molecule has 3 heterocycles. The van der Waals surface area contributed by atoms with Gasteiger partial charge in [-0.05, 0) is 73.4 Å². The zero-order valence-electron chi connectivity index (χ0n) is 30.4. The summed E-state index contributed by atoms with van der Waals surface area (Å²) in [7, 11) is 2.94. The first-order chi connectivity index (χ1) is 26.5. The number of aromatic nitrogens is 2. The second-order valence-corrected chi connectivity index (χ2v) is 14.4. The number of amides is 1. The Kier molecular flexibility index (Phi) is 11.5. The first-order valence-electron chi connectivity index (χ1n) is 18.3. The molecule has 2 aliphatic carbocycles. The molecule has 2 aromatic carbocycles. The number of hydrogen-bond acceptors (Lipinski definition) is 10. The van der Waals surface area contributed by atoms with Crippen LogP contribution in [0.3, 0.4) is 0 Å². The fourth-order valence-corrected chi connectivity index (χ4v) is 7.60. The van der Waals surface area contributed by atoms with E-state index in [1.54, 1.807) is 13.3 Å². The third-order valence-electron chi connectivity index (χ3n) is 10.3. The zero-order valence-corrected chi connectivity index (χ0v) is 31.2. The second kappa shape index (κ2) is 16.4. The highest BCUT2D eigenvalue weighted by atomic mass is 35.5. The number of benzene rings is 2. The average molecular weight is 779 g/mol. The fourth-order valence-electron chi connectivity index (χ4n) is 7.27. The molecule has 1 aliphatic heterocycles. The predicted molar refractivity (Wildman–Crippen MR) is 200 cm³/mol. The summed E-state index contributed by atoms with van der Waals surface area (Å²) in [6.07, 6.45) is 1.78. The van der Waals surface area contributed by atoms with Crippen molar-refractivity contribution < 1.29 is 37.1 Å². The van der Waals surface area contributed by atoms with Crippen molar-refractivity contribution in [2.45, 2.75) is 76.3 Å². The van der Waals surface area contributed by atoms with Gasteiger partial charge >= 0.3 is 12.1 Å². The van der Waals surface area contributed by atoms with E-state index in [1.807, 2.05) is 42.5 Å². The summed E-state index contributed by atoms with van der Waals surface area (Å²) in [4.78, 5) is 37.4. The van der Waals surface area contributed by atoms with Crippen molar-refractivity contribution in [2.24, 2.45) is 5.92 Å². The van der Waals surface area contributed by atoms with Gasteiger partial charge < -0.3 is 30.3 Å². The van der Waals surface area contributed by atoms with Crippen molar-refractivity contribution >= 4 is 29.3 Å². The summed E-state index contributed by atoms with van der Waals surface area (Å²) >= 11 is 7.13. The van der Waals surface area contributed by atoms with E-state index in [1.165, 1.54) is 7.11 Å². The number of ether oxygens (including phenoxy) is 2. The molecule has 0 bridgehead atoms. The number of fused-ring (bicyclic) bond motifs is 1. The lowest BCUT2D eigenvalue weighted by molar-refractivity contribution is -0.153. The van der Waals surface area contributed by atoms with Gasteiger partial charge in [0, 0.05) is 54.0 Å². The molecule has 0 radical (unpaired) electrons. The minimum absolute atomic E-state index is 0.0219. The standard InChI is InChI=1S/C40H42ClF3N6O5/c1-53-33-18-23(11-12-24(33)19-45-21-26-13-14-34(51)48-26)36-35(41)30(15-16-46-36)28-5-3-7-29-27(28)6-4-8-32(29)49-37-31(40(42,43)44)17-25(38(50-37)54-2)20-47-55-39(52)22-9-10-22/h3,5,7,11-12,15-18,22,26,32,45,47H,4,6,8-10,13-14,19-21H2,1-2H3,(H,48,51)(H,49,50)/t26-,32+/m1/s1. The van der Waals surface area contributed by atoms with Crippen LogP contribution in [0, 0.1) is 5.92 Å². The number of hydrogen-bond donors (Lipinski definition) is 4. The minimum atomic E-state index is -4.73. The first-order valence-corrected chi connectivity index (χ1v) is 18.7. The number of nitrogens with one attached hydrogen (secondary N) is 4.